The minimum Gasteiger partial charge on any atom is -0.390 e. The molecule has 1 heterocycles. The third-order valence-corrected chi connectivity index (χ3v) is 3.47. The highest BCUT2D eigenvalue weighted by Crippen LogP contribution is 2.40. The number of hydrogen-bond donors (Lipinski definition) is 1. The summed E-state index contributed by atoms with van der Waals surface area (Å²) in [5.74, 6) is -0.109. The van der Waals surface area contributed by atoms with Crippen molar-refractivity contribution >= 4 is 5.91 Å². The van der Waals surface area contributed by atoms with Crippen molar-refractivity contribution in [3.8, 4) is 0 Å². The number of aliphatic hydroxyl groups is 1. The molecule has 3 nitrogen and oxygen atoms in total. The first kappa shape index (κ1) is 10.5. The van der Waals surface area contributed by atoms with Crippen LogP contribution in [-0.2, 0) is 4.79 Å². The Morgan fingerprint density at radius 3 is 2.80 bits per heavy atom. The normalized spacial score (nSPS) is 34.9. The number of fused-ring (bicyclic) bond motifs is 2. The molecule has 1 aliphatic heterocycles. The zero-order valence-corrected chi connectivity index (χ0v) is 9.23. The Kier molecular flexibility index (Phi) is 2.45. The van der Waals surface area contributed by atoms with E-state index in [1.54, 1.807) is 4.90 Å². The topological polar surface area (TPSA) is 40.5 Å². The fraction of sp³-hybridized carbons (Fsp3) is 0.667. The molecule has 82 valence electrons. The van der Waals surface area contributed by atoms with Crippen molar-refractivity contribution in [1.82, 2.24) is 4.90 Å². The summed E-state index contributed by atoms with van der Waals surface area (Å²) in [6.07, 6.45) is 1.01. The third kappa shape index (κ3) is 1.35. The maximum Gasteiger partial charge on any atom is 0.229 e. The van der Waals surface area contributed by atoms with E-state index in [9.17, 15) is 9.90 Å². The van der Waals surface area contributed by atoms with Gasteiger partial charge < -0.3 is 10.0 Å². The molecule has 1 saturated heterocycles. The minimum atomic E-state index is -0.558. The summed E-state index contributed by atoms with van der Waals surface area (Å²) >= 11 is 0. The summed E-state index contributed by atoms with van der Waals surface area (Å²) in [7, 11) is 0. The van der Waals surface area contributed by atoms with Crippen LogP contribution in [0.15, 0.2) is 17.9 Å². The largest absolute Gasteiger partial charge is 0.390 e. The molecule has 0 spiro atoms. The molecular formula is C12H17NO2. The standard InChI is InChI=1S/C12H17NO2/c1-4-8-5-6-9-11(14)10(8)13(7(2)3)12(9)15/h7,9-11,14H,1,5-6H2,2-3H3/t9-,10+,11-/m0/s1. The number of rotatable bonds is 1. The van der Waals surface area contributed by atoms with Crippen molar-refractivity contribution < 1.29 is 9.90 Å². The van der Waals surface area contributed by atoms with E-state index < -0.39 is 6.10 Å². The molecule has 0 aromatic carbocycles. The number of aliphatic hydroxyl groups excluding tert-OH is 1. The van der Waals surface area contributed by atoms with Crippen molar-refractivity contribution in [1.29, 1.82) is 0 Å². The number of amides is 1. The van der Waals surface area contributed by atoms with Crippen molar-refractivity contribution in [3.63, 3.8) is 0 Å². The Labute approximate surface area is 90.1 Å². The van der Waals surface area contributed by atoms with Crippen molar-refractivity contribution in [2.75, 3.05) is 0 Å². The average Bonchev–Trinajstić information content (AvgIpc) is 2.36. The Balaban J connectivity index is 2.42. The minimum absolute atomic E-state index is 0.0905. The van der Waals surface area contributed by atoms with Crippen LogP contribution in [0.25, 0.3) is 0 Å². The van der Waals surface area contributed by atoms with Gasteiger partial charge in [-0.25, -0.2) is 0 Å². The Morgan fingerprint density at radius 1 is 1.60 bits per heavy atom. The lowest BCUT2D eigenvalue weighted by molar-refractivity contribution is -0.133. The van der Waals surface area contributed by atoms with Gasteiger partial charge in [0.25, 0.3) is 0 Å². The highest BCUT2D eigenvalue weighted by Gasteiger charge is 2.52. The van der Waals surface area contributed by atoms with Crippen LogP contribution in [0.5, 0.6) is 0 Å². The highest BCUT2D eigenvalue weighted by molar-refractivity contribution is 5.84. The van der Waals surface area contributed by atoms with Crippen LogP contribution in [0.2, 0.25) is 0 Å². The Bertz CT molecular complexity index is 342. The molecule has 1 saturated carbocycles. The van der Waals surface area contributed by atoms with Crippen LogP contribution >= 0.6 is 0 Å². The molecule has 1 amide bonds. The zero-order valence-electron chi connectivity index (χ0n) is 9.23. The second-order valence-electron chi connectivity index (χ2n) is 4.62. The van der Waals surface area contributed by atoms with E-state index in [-0.39, 0.29) is 23.9 Å². The summed E-state index contributed by atoms with van der Waals surface area (Å²) in [6, 6.07) is -0.0441. The average molecular weight is 207 g/mol. The van der Waals surface area contributed by atoms with Crippen LogP contribution in [0, 0.1) is 5.92 Å². The molecule has 0 aromatic rings. The van der Waals surface area contributed by atoms with E-state index in [0.29, 0.717) is 0 Å². The summed E-state index contributed by atoms with van der Waals surface area (Å²) in [5, 5.41) is 10.0. The van der Waals surface area contributed by atoms with Gasteiger partial charge in [0, 0.05) is 6.04 Å². The fourth-order valence-electron chi connectivity index (χ4n) is 2.76. The second-order valence-corrected chi connectivity index (χ2v) is 4.62. The van der Waals surface area contributed by atoms with Gasteiger partial charge in [0.05, 0.1) is 18.1 Å². The molecule has 2 fully saturated rings. The molecule has 2 bridgehead atoms. The van der Waals surface area contributed by atoms with Gasteiger partial charge in [-0.15, -0.1) is 5.73 Å². The van der Waals surface area contributed by atoms with Gasteiger partial charge in [-0.1, -0.05) is 6.58 Å². The van der Waals surface area contributed by atoms with Gasteiger partial charge in [0.2, 0.25) is 5.91 Å². The van der Waals surface area contributed by atoms with E-state index in [1.807, 2.05) is 13.8 Å². The Hall–Kier alpha value is -1.05. The molecule has 3 atom stereocenters. The summed E-state index contributed by atoms with van der Waals surface area (Å²) in [4.78, 5) is 13.8. The first-order valence-electron chi connectivity index (χ1n) is 5.47. The maximum atomic E-state index is 12.0. The predicted molar refractivity (Wildman–Crippen MR) is 57.2 cm³/mol. The number of nitrogens with zero attached hydrogens (tertiary/aromatic N) is 1. The van der Waals surface area contributed by atoms with E-state index in [0.717, 1.165) is 18.4 Å². The van der Waals surface area contributed by atoms with Crippen molar-refractivity contribution in [2.24, 2.45) is 5.92 Å². The molecule has 0 aromatic heterocycles. The lowest BCUT2D eigenvalue weighted by Gasteiger charge is -2.31. The number of hydrogen-bond acceptors (Lipinski definition) is 2. The van der Waals surface area contributed by atoms with Crippen molar-refractivity contribution in [3.05, 3.63) is 17.9 Å². The lowest BCUT2D eigenvalue weighted by atomic mass is 9.84. The number of carbonyl (C=O) groups excluding carboxylic acids is 1. The van der Waals surface area contributed by atoms with E-state index in [2.05, 4.69) is 12.3 Å². The van der Waals surface area contributed by atoms with Gasteiger partial charge in [0.15, 0.2) is 0 Å². The van der Waals surface area contributed by atoms with Gasteiger partial charge in [-0.3, -0.25) is 4.79 Å². The molecule has 3 heteroatoms. The lowest BCUT2D eigenvalue weighted by Crippen LogP contribution is -2.43. The summed E-state index contributed by atoms with van der Waals surface area (Å²) in [6.45, 7) is 7.60. The van der Waals surface area contributed by atoms with Crippen LogP contribution in [0.3, 0.4) is 0 Å². The van der Waals surface area contributed by atoms with E-state index in [4.69, 9.17) is 0 Å². The van der Waals surface area contributed by atoms with E-state index >= 15 is 0 Å². The highest BCUT2D eigenvalue weighted by atomic mass is 16.3. The first-order chi connectivity index (χ1) is 7.07. The van der Waals surface area contributed by atoms with Gasteiger partial charge in [-0.05, 0) is 32.3 Å². The van der Waals surface area contributed by atoms with Crippen LogP contribution in [0.1, 0.15) is 26.7 Å². The van der Waals surface area contributed by atoms with E-state index in [1.165, 1.54) is 0 Å². The van der Waals surface area contributed by atoms with Gasteiger partial charge >= 0.3 is 0 Å². The number of likely N-dealkylation sites (tertiary alicyclic amines) is 1. The van der Waals surface area contributed by atoms with Crippen LogP contribution in [-0.4, -0.2) is 34.1 Å². The second kappa shape index (κ2) is 3.51. The first-order valence-corrected chi connectivity index (χ1v) is 5.47. The molecule has 15 heavy (non-hydrogen) atoms. The predicted octanol–water partition coefficient (Wildman–Crippen LogP) is 1.09. The molecule has 0 unspecified atom stereocenters. The van der Waals surface area contributed by atoms with Gasteiger partial charge in [0.1, 0.15) is 0 Å². The quantitative estimate of drug-likeness (QED) is 0.654. The summed E-state index contributed by atoms with van der Waals surface area (Å²) in [5.41, 5.74) is 3.86. The molecule has 1 aliphatic carbocycles. The Morgan fingerprint density at radius 2 is 2.27 bits per heavy atom. The molecule has 2 rings (SSSR count). The smallest absolute Gasteiger partial charge is 0.229 e. The maximum absolute atomic E-state index is 12.0. The molecule has 1 N–H and O–H groups in total. The molecule has 0 radical (unpaired) electrons. The van der Waals surface area contributed by atoms with Crippen LogP contribution in [0.4, 0.5) is 0 Å². The third-order valence-electron chi connectivity index (χ3n) is 3.47. The van der Waals surface area contributed by atoms with Crippen molar-refractivity contribution in [2.45, 2.75) is 44.9 Å². The van der Waals surface area contributed by atoms with Crippen LogP contribution < -0.4 is 0 Å². The number of carbonyl (C=O) groups is 1. The zero-order chi connectivity index (χ0) is 11.2. The molecular weight excluding hydrogens is 190 g/mol. The monoisotopic (exact) mass is 207 g/mol. The fourth-order valence-corrected chi connectivity index (χ4v) is 2.76. The van der Waals surface area contributed by atoms with Gasteiger partial charge in [-0.2, -0.15) is 0 Å². The molecule has 2 aliphatic rings. The SMILES string of the molecule is C=C=C1CC[C@@H]2C(=O)N(C(C)C)[C@H]1[C@H]2O. The summed E-state index contributed by atoms with van der Waals surface area (Å²) < 4.78 is 0.